The van der Waals surface area contributed by atoms with Gasteiger partial charge in [-0.15, -0.1) is 0 Å². The maximum atomic E-state index is 12.1. The van der Waals surface area contributed by atoms with E-state index in [4.69, 9.17) is 9.47 Å². The van der Waals surface area contributed by atoms with Crippen molar-refractivity contribution < 1.29 is 14.3 Å². The highest BCUT2D eigenvalue weighted by Crippen LogP contribution is 2.17. The first-order valence-electron chi connectivity index (χ1n) is 8.77. The van der Waals surface area contributed by atoms with Gasteiger partial charge in [-0.2, -0.15) is 0 Å². The summed E-state index contributed by atoms with van der Waals surface area (Å²) in [6.45, 7) is 5.00. The van der Waals surface area contributed by atoms with Crippen molar-refractivity contribution in [3.8, 4) is 11.5 Å². The van der Waals surface area contributed by atoms with Gasteiger partial charge in [-0.3, -0.25) is 0 Å². The van der Waals surface area contributed by atoms with E-state index in [9.17, 15) is 4.79 Å². The van der Waals surface area contributed by atoms with Gasteiger partial charge >= 0.3 is 5.97 Å². The minimum atomic E-state index is -0.353. The summed E-state index contributed by atoms with van der Waals surface area (Å²) in [5.74, 6) is 0.998. The molecule has 2 rings (SSSR count). The third kappa shape index (κ3) is 5.73. The van der Waals surface area contributed by atoms with Crippen molar-refractivity contribution in [2.24, 2.45) is 0 Å². The molecule has 3 nitrogen and oxygen atoms in total. The minimum Gasteiger partial charge on any atom is -0.494 e. The molecular weight excluding hydrogens is 300 g/mol. The van der Waals surface area contributed by atoms with Crippen molar-refractivity contribution in [3.05, 3.63) is 59.7 Å². The Kier molecular flexibility index (Phi) is 7.34. The molecule has 0 saturated carbocycles. The first kappa shape index (κ1) is 18.1. The molecule has 0 unspecified atom stereocenters. The SMILES string of the molecule is CCCCCCOc1ccc(C(=O)Oc2ccc(CC)cc2)cc1. The summed E-state index contributed by atoms with van der Waals surface area (Å²) >= 11 is 0. The van der Waals surface area contributed by atoms with Crippen molar-refractivity contribution in [2.45, 2.75) is 46.0 Å². The monoisotopic (exact) mass is 326 g/mol. The number of esters is 1. The third-order valence-electron chi connectivity index (χ3n) is 3.90. The zero-order valence-corrected chi connectivity index (χ0v) is 14.6. The van der Waals surface area contributed by atoms with Crippen LogP contribution < -0.4 is 9.47 Å². The van der Waals surface area contributed by atoms with Crippen LogP contribution in [0.4, 0.5) is 0 Å². The molecule has 0 aliphatic heterocycles. The standard InChI is InChI=1S/C21H26O3/c1-3-5-6-7-16-23-19-14-10-18(11-15-19)21(22)24-20-12-8-17(4-2)9-13-20/h8-15H,3-7,16H2,1-2H3. The maximum Gasteiger partial charge on any atom is 0.343 e. The van der Waals surface area contributed by atoms with Crippen LogP contribution in [0.1, 0.15) is 55.5 Å². The number of hydrogen-bond acceptors (Lipinski definition) is 3. The zero-order valence-electron chi connectivity index (χ0n) is 14.6. The average molecular weight is 326 g/mol. The van der Waals surface area contributed by atoms with Crippen LogP contribution in [0.2, 0.25) is 0 Å². The van der Waals surface area contributed by atoms with Crippen molar-refractivity contribution in [2.75, 3.05) is 6.61 Å². The lowest BCUT2D eigenvalue weighted by molar-refractivity contribution is 0.0734. The molecule has 0 amide bonds. The molecule has 0 aliphatic carbocycles. The molecule has 0 N–H and O–H groups in total. The van der Waals surface area contributed by atoms with E-state index < -0.39 is 0 Å². The number of hydrogen-bond donors (Lipinski definition) is 0. The van der Waals surface area contributed by atoms with E-state index in [1.165, 1.54) is 24.8 Å². The van der Waals surface area contributed by atoms with E-state index in [0.29, 0.717) is 17.9 Å². The van der Waals surface area contributed by atoms with Crippen LogP contribution in [0, 0.1) is 0 Å². The molecule has 0 fully saturated rings. The summed E-state index contributed by atoms with van der Waals surface area (Å²) in [7, 11) is 0. The Balaban J connectivity index is 1.83. The number of ether oxygens (including phenoxy) is 2. The highest BCUT2D eigenvalue weighted by Gasteiger charge is 2.08. The van der Waals surface area contributed by atoms with Crippen molar-refractivity contribution in [1.82, 2.24) is 0 Å². The van der Waals surface area contributed by atoms with Crippen molar-refractivity contribution in [1.29, 1.82) is 0 Å². The Morgan fingerprint density at radius 1 is 0.833 bits per heavy atom. The molecule has 24 heavy (non-hydrogen) atoms. The van der Waals surface area contributed by atoms with Crippen LogP contribution in [-0.4, -0.2) is 12.6 Å². The Morgan fingerprint density at radius 3 is 2.12 bits per heavy atom. The molecule has 0 spiro atoms. The number of benzene rings is 2. The predicted molar refractivity (Wildman–Crippen MR) is 96.9 cm³/mol. The zero-order chi connectivity index (χ0) is 17.2. The van der Waals surface area contributed by atoms with Crippen LogP contribution in [0.5, 0.6) is 11.5 Å². The normalized spacial score (nSPS) is 10.4. The van der Waals surface area contributed by atoms with Crippen LogP contribution in [0.3, 0.4) is 0 Å². The fraction of sp³-hybridized carbons (Fsp3) is 0.381. The van der Waals surface area contributed by atoms with Crippen molar-refractivity contribution in [3.63, 3.8) is 0 Å². The first-order valence-corrected chi connectivity index (χ1v) is 8.77. The molecule has 3 heteroatoms. The van der Waals surface area contributed by atoms with E-state index in [2.05, 4.69) is 13.8 Å². The van der Waals surface area contributed by atoms with Gasteiger partial charge in [0.05, 0.1) is 12.2 Å². The number of rotatable bonds is 9. The van der Waals surface area contributed by atoms with E-state index in [0.717, 1.165) is 18.6 Å². The number of aryl methyl sites for hydroxylation is 1. The lowest BCUT2D eigenvalue weighted by atomic mass is 10.2. The number of carbonyl (C=O) groups is 1. The molecule has 0 aliphatic rings. The largest absolute Gasteiger partial charge is 0.494 e. The van der Waals surface area contributed by atoms with Crippen LogP contribution >= 0.6 is 0 Å². The summed E-state index contributed by atoms with van der Waals surface area (Å²) in [5.41, 5.74) is 1.74. The lowest BCUT2D eigenvalue weighted by Gasteiger charge is -2.08. The molecule has 128 valence electrons. The average Bonchev–Trinajstić information content (AvgIpc) is 2.62. The van der Waals surface area contributed by atoms with E-state index in [1.54, 1.807) is 12.1 Å². The second-order valence-corrected chi connectivity index (χ2v) is 5.82. The lowest BCUT2D eigenvalue weighted by Crippen LogP contribution is -2.08. The number of carbonyl (C=O) groups excluding carboxylic acids is 1. The summed E-state index contributed by atoms with van der Waals surface area (Å²) < 4.78 is 11.1. The fourth-order valence-corrected chi connectivity index (χ4v) is 2.37. The Labute approximate surface area is 144 Å². The van der Waals surface area contributed by atoms with Crippen LogP contribution in [0.25, 0.3) is 0 Å². The molecule has 0 bridgehead atoms. The van der Waals surface area contributed by atoms with Gasteiger partial charge in [-0.05, 0) is 54.8 Å². The number of unbranched alkanes of at least 4 members (excludes halogenated alkanes) is 3. The third-order valence-corrected chi connectivity index (χ3v) is 3.90. The smallest absolute Gasteiger partial charge is 0.343 e. The van der Waals surface area contributed by atoms with E-state index >= 15 is 0 Å². The Morgan fingerprint density at radius 2 is 1.50 bits per heavy atom. The maximum absolute atomic E-state index is 12.1. The Bertz CT molecular complexity index is 615. The Hall–Kier alpha value is -2.29. The van der Waals surface area contributed by atoms with E-state index in [1.807, 2.05) is 36.4 Å². The van der Waals surface area contributed by atoms with Gasteiger partial charge < -0.3 is 9.47 Å². The fourth-order valence-electron chi connectivity index (χ4n) is 2.37. The topological polar surface area (TPSA) is 35.5 Å². The molecule has 0 saturated heterocycles. The molecule has 2 aromatic rings. The predicted octanol–water partition coefficient (Wildman–Crippen LogP) is 5.43. The van der Waals surface area contributed by atoms with Gasteiger partial charge in [0.15, 0.2) is 0 Å². The minimum absolute atomic E-state index is 0.353. The highest BCUT2D eigenvalue weighted by molar-refractivity contribution is 5.91. The molecule has 0 heterocycles. The molecule has 0 aromatic heterocycles. The molecular formula is C21H26O3. The molecule has 0 radical (unpaired) electrons. The quantitative estimate of drug-likeness (QED) is 0.350. The van der Waals surface area contributed by atoms with E-state index in [-0.39, 0.29) is 5.97 Å². The summed E-state index contributed by atoms with van der Waals surface area (Å²) in [6, 6.07) is 14.7. The van der Waals surface area contributed by atoms with Gasteiger partial charge in [0, 0.05) is 0 Å². The van der Waals surface area contributed by atoms with Crippen LogP contribution in [-0.2, 0) is 6.42 Å². The summed E-state index contributed by atoms with van der Waals surface area (Å²) in [4.78, 5) is 12.1. The van der Waals surface area contributed by atoms with Crippen molar-refractivity contribution >= 4 is 5.97 Å². The van der Waals surface area contributed by atoms with Gasteiger partial charge in [-0.1, -0.05) is 45.2 Å². The summed E-state index contributed by atoms with van der Waals surface area (Å²) in [6.07, 6.45) is 5.68. The highest BCUT2D eigenvalue weighted by atomic mass is 16.5. The van der Waals surface area contributed by atoms with Gasteiger partial charge in [0.2, 0.25) is 0 Å². The molecule has 0 atom stereocenters. The van der Waals surface area contributed by atoms with Gasteiger partial charge in [0.1, 0.15) is 11.5 Å². The second kappa shape index (κ2) is 9.76. The molecule has 2 aromatic carbocycles. The van der Waals surface area contributed by atoms with Gasteiger partial charge in [0.25, 0.3) is 0 Å². The summed E-state index contributed by atoms with van der Waals surface area (Å²) in [5, 5.41) is 0. The second-order valence-electron chi connectivity index (χ2n) is 5.82. The first-order chi connectivity index (χ1) is 11.7. The van der Waals surface area contributed by atoms with Crippen LogP contribution in [0.15, 0.2) is 48.5 Å². The van der Waals surface area contributed by atoms with Gasteiger partial charge in [-0.25, -0.2) is 4.79 Å².